The van der Waals surface area contributed by atoms with Crippen LogP contribution < -0.4 is 10.2 Å². The third-order valence-corrected chi connectivity index (χ3v) is 7.29. The van der Waals surface area contributed by atoms with Crippen LogP contribution in [0.25, 0.3) is 23.2 Å². The van der Waals surface area contributed by atoms with Crippen LogP contribution >= 0.6 is 0 Å². The summed E-state index contributed by atoms with van der Waals surface area (Å²) in [6.45, 7) is 4.23. The molecule has 0 bridgehead atoms. The smallest absolute Gasteiger partial charge is 0.224 e. The van der Waals surface area contributed by atoms with Crippen molar-refractivity contribution in [2.75, 3.05) is 37.6 Å². The van der Waals surface area contributed by atoms with Gasteiger partial charge in [-0.25, -0.2) is 4.98 Å². The molecule has 2 N–H and O–H groups in total. The SMILES string of the molecule is O=C(C[C@@H]1CCCN1)N1CCN(c2c(C3CC3)cnc3n[nH]c(C=Cc4cccnc4)c23)CC1. The monoisotopic (exact) mass is 457 g/mol. The van der Waals surface area contributed by atoms with Crippen LogP contribution in [-0.2, 0) is 4.79 Å². The van der Waals surface area contributed by atoms with Crippen LogP contribution in [0.2, 0.25) is 0 Å². The van der Waals surface area contributed by atoms with Crippen molar-refractivity contribution in [3.63, 3.8) is 0 Å². The topological polar surface area (TPSA) is 90.0 Å². The highest BCUT2D eigenvalue weighted by Crippen LogP contribution is 2.47. The Bertz CT molecular complexity index is 1190. The minimum atomic E-state index is 0.282. The van der Waals surface area contributed by atoms with Gasteiger partial charge in [-0.3, -0.25) is 14.9 Å². The van der Waals surface area contributed by atoms with Gasteiger partial charge in [-0.15, -0.1) is 0 Å². The number of pyridine rings is 2. The largest absolute Gasteiger partial charge is 0.367 e. The number of carbonyl (C=O) groups excluding carboxylic acids is 1. The summed E-state index contributed by atoms with van der Waals surface area (Å²) in [5, 5.41) is 12.2. The molecule has 6 rings (SSSR count). The molecule has 3 fully saturated rings. The molecule has 5 heterocycles. The van der Waals surface area contributed by atoms with Crippen LogP contribution in [0.5, 0.6) is 0 Å². The molecule has 3 aromatic heterocycles. The minimum absolute atomic E-state index is 0.282. The summed E-state index contributed by atoms with van der Waals surface area (Å²) in [7, 11) is 0. The van der Waals surface area contributed by atoms with Crippen LogP contribution in [0.4, 0.5) is 5.69 Å². The summed E-state index contributed by atoms with van der Waals surface area (Å²) in [4.78, 5) is 26.2. The lowest BCUT2D eigenvalue weighted by Crippen LogP contribution is -2.50. The first-order valence-electron chi connectivity index (χ1n) is 12.5. The molecular formula is C26H31N7O. The lowest BCUT2D eigenvalue weighted by Gasteiger charge is -2.37. The normalized spacial score (nSPS) is 21.1. The Kier molecular flexibility index (Phi) is 5.74. The summed E-state index contributed by atoms with van der Waals surface area (Å²) in [5.41, 5.74) is 5.32. The van der Waals surface area contributed by atoms with Crippen molar-refractivity contribution < 1.29 is 4.79 Å². The molecule has 0 radical (unpaired) electrons. The number of carbonyl (C=O) groups is 1. The molecule has 0 unspecified atom stereocenters. The number of nitrogens with one attached hydrogen (secondary N) is 2. The number of aromatic nitrogens is 4. The Morgan fingerprint density at radius 3 is 2.74 bits per heavy atom. The zero-order chi connectivity index (χ0) is 22.9. The first-order valence-corrected chi connectivity index (χ1v) is 12.5. The Balaban J connectivity index is 1.26. The van der Waals surface area contributed by atoms with E-state index in [1.165, 1.54) is 30.5 Å². The first kappa shape index (κ1) is 21.3. The predicted octanol–water partition coefficient (Wildman–Crippen LogP) is 3.19. The second kappa shape index (κ2) is 9.18. The van der Waals surface area contributed by atoms with E-state index >= 15 is 0 Å². The molecular weight excluding hydrogens is 426 g/mol. The molecule has 34 heavy (non-hydrogen) atoms. The predicted molar refractivity (Wildman–Crippen MR) is 133 cm³/mol. The zero-order valence-corrected chi connectivity index (χ0v) is 19.4. The van der Waals surface area contributed by atoms with E-state index < -0.39 is 0 Å². The lowest BCUT2D eigenvalue weighted by molar-refractivity contribution is -0.131. The van der Waals surface area contributed by atoms with Gasteiger partial charge in [0.1, 0.15) is 0 Å². The number of aromatic amines is 1. The van der Waals surface area contributed by atoms with E-state index in [2.05, 4.69) is 42.5 Å². The number of amides is 1. The third kappa shape index (κ3) is 4.30. The molecule has 1 atom stereocenters. The maximum Gasteiger partial charge on any atom is 0.224 e. The number of nitrogens with zero attached hydrogens (tertiary/aromatic N) is 5. The average molecular weight is 458 g/mol. The highest BCUT2D eigenvalue weighted by atomic mass is 16.2. The van der Waals surface area contributed by atoms with Gasteiger partial charge < -0.3 is 15.1 Å². The maximum atomic E-state index is 12.9. The summed E-state index contributed by atoms with van der Waals surface area (Å²) in [6, 6.07) is 4.33. The molecule has 3 aromatic rings. The zero-order valence-electron chi connectivity index (χ0n) is 19.4. The Labute approximate surface area is 199 Å². The van der Waals surface area contributed by atoms with E-state index in [9.17, 15) is 4.79 Å². The van der Waals surface area contributed by atoms with Crippen LogP contribution in [0.3, 0.4) is 0 Å². The van der Waals surface area contributed by atoms with E-state index in [0.29, 0.717) is 18.4 Å². The summed E-state index contributed by atoms with van der Waals surface area (Å²) < 4.78 is 0. The van der Waals surface area contributed by atoms with Crippen molar-refractivity contribution in [2.24, 2.45) is 0 Å². The maximum absolute atomic E-state index is 12.9. The standard InChI is InChI=1S/C26H31N7O/c34-23(15-20-4-2-10-28-20)32-11-13-33(14-12-32)25-21(19-6-7-19)17-29-26-24(25)22(30-31-26)8-5-18-3-1-9-27-16-18/h1,3,5,8-9,16-17,19-20,28H,2,4,6-7,10-15H2,(H,29,30,31)/t20-/m0/s1. The Morgan fingerprint density at radius 2 is 2.00 bits per heavy atom. The first-order chi connectivity index (χ1) is 16.8. The molecule has 0 aromatic carbocycles. The summed E-state index contributed by atoms with van der Waals surface area (Å²) >= 11 is 0. The second-order valence-corrected chi connectivity index (χ2v) is 9.66. The fourth-order valence-electron chi connectivity index (χ4n) is 5.27. The van der Waals surface area contributed by atoms with Crippen LogP contribution in [0, 0.1) is 0 Å². The minimum Gasteiger partial charge on any atom is -0.367 e. The Hall–Kier alpha value is -3.26. The molecule has 8 heteroatoms. The number of anilines is 1. The van der Waals surface area contributed by atoms with Gasteiger partial charge in [0.05, 0.1) is 16.8 Å². The molecule has 2 saturated heterocycles. The van der Waals surface area contributed by atoms with Crippen LogP contribution in [-0.4, -0.2) is 69.7 Å². The fourth-order valence-corrected chi connectivity index (χ4v) is 5.27. The van der Waals surface area contributed by atoms with Gasteiger partial charge >= 0.3 is 0 Å². The average Bonchev–Trinajstić information content (AvgIpc) is 3.44. The molecule has 2 aliphatic heterocycles. The highest BCUT2D eigenvalue weighted by Gasteiger charge is 2.33. The lowest BCUT2D eigenvalue weighted by atomic mass is 10.0. The van der Waals surface area contributed by atoms with Crippen molar-refractivity contribution in [1.29, 1.82) is 0 Å². The van der Waals surface area contributed by atoms with Crippen LogP contribution in [0.1, 0.15) is 54.8 Å². The molecule has 1 amide bonds. The number of piperazine rings is 1. The number of fused-ring (bicyclic) bond motifs is 1. The van der Waals surface area contributed by atoms with Gasteiger partial charge in [0.2, 0.25) is 5.91 Å². The highest BCUT2D eigenvalue weighted by molar-refractivity contribution is 5.99. The van der Waals surface area contributed by atoms with E-state index in [-0.39, 0.29) is 5.91 Å². The van der Waals surface area contributed by atoms with Gasteiger partial charge in [-0.05, 0) is 61.4 Å². The number of rotatable bonds is 6. The van der Waals surface area contributed by atoms with E-state index in [4.69, 9.17) is 0 Å². The van der Waals surface area contributed by atoms with Gasteiger partial charge in [-0.2, -0.15) is 5.10 Å². The van der Waals surface area contributed by atoms with Gasteiger partial charge in [-0.1, -0.05) is 12.1 Å². The second-order valence-electron chi connectivity index (χ2n) is 9.66. The quantitative estimate of drug-likeness (QED) is 0.591. The number of H-pyrrole nitrogens is 1. The van der Waals surface area contributed by atoms with Gasteiger partial charge in [0.15, 0.2) is 5.65 Å². The van der Waals surface area contributed by atoms with Gasteiger partial charge in [0, 0.05) is 57.2 Å². The van der Waals surface area contributed by atoms with E-state index in [1.807, 2.05) is 29.4 Å². The summed E-state index contributed by atoms with van der Waals surface area (Å²) in [5.74, 6) is 0.856. The van der Waals surface area contributed by atoms with Crippen molar-refractivity contribution in [3.8, 4) is 0 Å². The van der Waals surface area contributed by atoms with Crippen molar-refractivity contribution in [1.82, 2.24) is 30.4 Å². The molecule has 176 valence electrons. The number of hydrogen-bond acceptors (Lipinski definition) is 6. The van der Waals surface area contributed by atoms with Gasteiger partial charge in [0.25, 0.3) is 0 Å². The fraction of sp³-hybridized carbons (Fsp3) is 0.462. The van der Waals surface area contributed by atoms with E-state index in [1.54, 1.807) is 6.20 Å². The van der Waals surface area contributed by atoms with Crippen molar-refractivity contribution in [3.05, 3.63) is 47.5 Å². The summed E-state index contributed by atoms with van der Waals surface area (Å²) in [6.07, 6.45) is 15.1. The third-order valence-electron chi connectivity index (χ3n) is 7.29. The Morgan fingerprint density at radius 1 is 1.12 bits per heavy atom. The van der Waals surface area contributed by atoms with Crippen molar-refractivity contribution in [2.45, 2.75) is 44.1 Å². The molecule has 3 aliphatic rings. The van der Waals surface area contributed by atoms with Crippen LogP contribution in [0.15, 0.2) is 30.7 Å². The number of hydrogen-bond donors (Lipinski definition) is 2. The molecule has 1 aliphatic carbocycles. The van der Waals surface area contributed by atoms with E-state index in [0.717, 1.165) is 61.4 Å². The molecule has 8 nitrogen and oxygen atoms in total. The molecule has 1 saturated carbocycles. The van der Waals surface area contributed by atoms with Crippen molar-refractivity contribution >= 4 is 34.8 Å². The molecule has 0 spiro atoms.